The van der Waals surface area contributed by atoms with Crippen LogP contribution >= 0.6 is 23.2 Å². The predicted molar refractivity (Wildman–Crippen MR) is 113 cm³/mol. The molecule has 0 aromatic heterocycles. The summed E-state index contributed by atoms with van der Waals surface area (Å²) in [6.07, 6.45) is -0.245. The molecule has 0 saturated heterocycles. The van der Waals surface area contributed by atoms with E-state index in [9.17, 15) is 17.6 Å². The molecule has 0 radical (unpaired) electrons. The molecule has 0 aliphatic carbocycles. The lowest BCUT2D eigenvalue weighted by Gasteiger charge is -2.12. The minimum atomic E-state index is -4.10. The number of amides is 1. The molecule has 0 heterocycles. The van der Waals surface area contributed by atoms with E-state index < -0.39 is 21.7 Å². The lowest BCUT2D eigenvalue weighted by atomic mass is 10.1. The Bertz CT molecular complexity index is 1220. The highest BCUT2D eigenvalue weighted by atomic mass is 35.5. The molecule has 1 amide bonds. The number of nitrogens with two attached hydrogens (primary N) is 1. The van der Waals surface area contributed by atoms with Gasteiger partial charge in [0.15, 0.2) is 0 Å². The zero-order valence-corrected chi connectivity index (χ0v) is 17.6. The molecule has 0 fully saturated rings. The van der Waals surface area contributed by atoms with Gasteiger partial charge in [-0.05, 0) is 35.9 Å². The highest BCUT2D eigenvalue weighted by Crippen LogP contribution is 2.33. The Morgan fingerprint density at radius 1 is 1.07 bits per heavy atom. The number of nitrogens with one attached hydrogen (secondary N) is 1. The Balaban J connectivity index is 1.89. The SMILES string of the molecule is NS(=O)(=O)c1cc(NC(=O)Cc2ccccc2F)cc(Oc2ccc(Cl)cc2Cl)c1. The monoisotopic (exact) mass is 468 g/mol. The first-order chi connectivity index (χ1) is 14.1. The second kappa shape index (κ2) is 9.01. The molecule has 30 heavy (non-hydrogen) atoms. The molecule has 3 N–H and O–H groups in total. The summed E-state index contributed by atoms with van der Waals surface area (Å²) in [5.74, 6) is -0.794. The Morgan fingerprint density at radius 3 is 2.47 bits per heavy atom. The Labute approximate surface area is 182 Å². The van der Waals surface area contributed by atoms with Crippen molar-refractivity contribution in [3.63, 3.8) is 0 Å². The van der Waals surface area contributed by atoms with Gasteiger partial charge in [0.1, 0.15) is 17.3 Å². The van der Waals surface area contributed by atoms with Gasteiger partial charge >= 0.3 is 0 Å². The highest BCUT2D eigenvalue weighted by Gasteiger charge is 2.15. The minimum absolute atomic E-state index is 0.0620. The minimum Gasteiger partial charge on any atom is -0.456 e. The van der Waals surface area contributed by atoms with Crippen LogP contribution < -0.4 is 15.2 Å². The second-order valence-electron chi connectivity index (χ2n) is 6.23. The van der Waals surface area contributed by atoms with Gasteiger partial charge in [0.05, 0.1) is 16.3 Å². The van der Waals surface area contributed by atoms with Gasteiger partial charge in [-0.2, -0.15) is 0 Å². The van der Waals surface area contributed by atoms with Gasteiger partial charge in [-0.15, -0.1) is 0 Å². The average molecular weight is 469 g/mol. The van der Waals surface area contributed by atoms with Crippen LogP contribution in [0.3, 0.4) is 0 Å². The van der Waals surface area contributed by atoms with Crippen LogP contribution in [-0.4, -0.2) is 14.3 Å². The first-order valence-corrected chi connectivity index (χ1v) is 10.8. The van der Waals surface area contributed by atoms with Crippen LogP contribution in [0, 0.1) is 5.82 Å². The van der Waals surface area contributed by atoms with Crippen molar-refractivity contribution in [1.82, 2.24) is 0 Å². The fourth-order valence-corrected chi connectivity index (χ4v) is 3.59. The van der Waals surface area contributed by atoms with Crippen LogP contribution in [0.4, 0.5) is 10.1 Å². The number of rotatable bonds is 6. The summed E-state index contributed by atoms with van der Waals surface area (Å²) in [7, 11) is -4.10. The predicted octanol–water partition coefficient (Wildman–Crippen LogP) is 4.75. The van der Waals surface area contributed by atoms with Gasteiger partial charge < -0.3 is 10.1 Å². The maximum Gasteiger partial charge on any atom is 0.238 e. The molecule has 0 aliphatic heterocycles. The third-order valence-electron chi connectivity index (χ3n) is 3.92. The van der Waals surface area contributed by atoms with E-state index in [1.54, 1.807) is 12.1 Å². The van der Waals surface area contributed by atoms with Crippen molar-refractivity contribution in [2.75, 3.05) is 5.32 Å². The molecule has 0 spiro atoms. The number of primary sulfonamides is 1. The van der Waals surface area contributed by atoms with Gasteiger partial charge in [0, 0.05) is 22.8 Å². The van der Waals surface area contributed by atoms with Crippen LogP contribution in [0.5, 0.6) is 11.5 Å². The van der Waals surface area contributed by atoms with E-state index >= 15 is 0 Å². The largest absolute Gasteiger partial charge is 0.456 e. The van der Waals surface area contributed by atoms with Gasteiger partial charge in [-0.25, -0.2) is 17.9 Å². The van der Waals surface area contributed by atoms with Crippen LogP contribution in [-0.2, 0) is 21.2 Å². The molecule has 3 aromatic rings. The topological polar surface area (TPSA) is 98.5 Å². The zero-order chi connectivity index (χ0) is 21.9. The first-order valence-electron chi connectivity index (χ1n) is 8.46. The fourth-order valence-electron chi connectivity index (χ4n) is 2.57. The Morgan fingerprint density at radius 2 is 1.80 bits per heavy atom. The summed E-state index contributed by atoms with van der Waals surface area (Å²) in [4.78, 5) is 12.0. The third kappa shape index (κ3) is 5.70. The number of ether oxygens (including phenoxy) is 1. The Kier molecular flexibility index (Phi) is 6.62. The number of hydrogen-bond acceptors (Lipinski definition) is 4. The number of carbonyl (C=O) groups excluding carboxylic acids is 1. The number of halogens is 3. The maximum absolute atomic E-state index is 13.8. The summed E-state index contributed by atoms with van der Waals surface area (Å²) in [5, 5.41) is 8.34. The molecule has 0 bridgehead atoms. The molecule has 156 valence electrons. The van der Waals surface area contributed by atoms with Gasteiger partial charge in [-0.3, -0.25) is 4.79 Å². The first kappa shape index (κ1) is 22.0. The van der Waals surface area contributed by atoms with E-state index in [2.05, 4.69) is 5.32 Å². The molecule has 0 unspecified atom stereocenters. The number of sulfonamides is 1. The summed E-state index contributed by atoms with van der Waals surface area (Å²) in [6.45, 7) is 0. The summed E-state index contributed by atoms with van der Waals surface area (Å²) in [6, 6.07) is 14.1. The number of hydrogen-bond donors (Lipinski definition) is 2. The van der Waals surface area contributed by atoms with Gasteiger partial charge in [0.25, 0.3) is 0 Å². The molecule has 6 nitrogen and oxygen atoms in total. The van der Waals surface area contributed by atoms with Crippen LogP contribution in [0.1, 0.15) is 5.56 Å². The van der Waals surface area contributed by atoms with Gasteiger partial charge in [0.2, 0.25) is 15.9 Å². The van der Waals surface area contributed by atoms with E-state index in [0.29, 0.717) is 5.02 Å². The van der Waals surface area contributed by atoms with Crippen LogP contribution in [0.15, 0.2) is 65.6 Å². The molecule has 3 aromatic carbocycles. The Hall–Kier alpha value is -2.65. The van der Waals surface area contributed by atoms with Crippen molar-refractivity contribution in [3.05, 3.63) is 82.1 Å². The van der Waals surface area contributed by atoms with E-state index in [1.807, 2.05) is 0 Å². The molecule has 3 rings (SSSR count). The third-order valence-corrected chi connectivity index (χ3v) is 5.35. The normalized spacial score (nSPS) is 11.2. The molecule has 0 aliphatic rings. The van der Waals surface area contributed by atoms with Crippen molar-refractivity contribution >= 4 is 44.8 Å². The fraction of sp³-hybridized carbons (Fsp3) is 0.0500. The van der Waals surface area contributed by atoms with E-state index in [-0.39, 0.29) is 39.1 Å². The lowest BCUT2D eigenvalue weighted by Crippen LogP contribution is -2.17. The highest BCUT2D eigenvalue weighted by molar-refractivity contribution is 7.89. The second-order valence-corrected chi connectivity index (χ2v) is 8.64. The maximum atomic E-state index is 13.8. The van der Waals surface area contributed by atoms with Crippen molar-refractivity contribution in [3.8, 4) is 11.5 Å². The quantitative estimate of drug-likeness (QED) is 0.544. The number of carbonyl (C=O) groups is 1. The summed E-state index contributed by atoms with van der Waals surface area (Å²) in [5.41, 5.74) is 0.296. The average Bonchev–Trinajstić information content (AvgIpc) is 2.65. The van der Waals surface area contributed by atoms with Crippen molar-refractivity contribution in [2.24, 2.45) is 5.14 Å². The number of benzene rings is 3. The van der Waals surface area contributed by atoms with Gasteiger partial charge in [-0.1, -0.05) is 41.4 Å². The van der Waals surface area contributed by atoms with Crippen molar-refractivity contribution in [1.29, 1.82) is 0 Å². The van der Waals surface area contributed by atoms with E-state index in [4.69, 9.17) is 33.1 Å². The molecule has 0 atom stereocenters. The van der Waals surface area contributed by atoms with Crippen LogP contribution in [0.2, 0.25) is 10.0 Å². The molecule has 10 heteroatoms. The van der Waals surface area contributed by atoms with E-state index in [0.717, 1.165) is 0 Å². The smallest absolute Gasteiger partial charge is 0.238 e. The summed E-state index contributed by atoms with van der Waals surface area (Å²) >= 11 is 11.9. The van der Waals surface area contributed by atoms with E-state index in [1.165, 1.54) is 48.5 Å². The summed E-state index contributed by atoms with van der Waals surface area (Å²) < 4.78 is 43.1. The molecular formula is C20H15Cl2FN2O4S. The zero-order valence-electron chi connectivity index (χ0n) is 15.2. The standard InChI is InChI=1S/C20H15Cl2FN2O4S/c21-13-5-6-19(17(22)8-13)29-15-9-14(10-16(11-15)30(24,27)28)25-20(26)7-12-3-1-2-4-18(12)23/h1-6,8-11H,7H2,(H,25,26)(H2,24,27,28). The van der Waals surface area contributed by atoms with Crippen LogP contribution in [0.25, 0.3) is 0 Å². The van der Waals surface area contributed by atoms with Crippen molar-refractivity contribution in [2.45, 2.75) is 11.3 Å². The molecular weight excluding hydrogens is 454 g/mol. The molecule has 0 saturated carbocycles. The number of anilines is 1. The van der Waals surface area contributed by atoms with Crippen molar-refractivity contribution < 1.29 is 22.3 Å². The lowest BCUT2D eigenvalue weighted by molar-refractivity contribution is -0.115.